The second-order valence-electron chi connectivity index (χ2n) is 1.67. The molecule has 16 heavy (non-hydrogen) atoms. The SMILES string of the molecule is F[B-](F)(F)F.O=C(O)C(=O)OP(=O)(O)O.[LiH]. The van der Waals surface area contributed by atoms with E-state index in [-0.39, 0.29) is 18.9 Å². The zero-order valence-corrected chi connectivity index (χ0v) is 7.41. The minimum absolute atomic E-state index is 0. The zero-order valence-electron chi connectivity index (χ0n) is 6.51. The minimum atomic E-state index is -6.00. The van der Waals surface area contributed by atoms with E-state index < -0.39 is 27.0 Å². The van der Waals surface area contributed by atoms with E-state index in [1.54, 1.807) is 0 Å². The van der Waals surface area contributed by atoms with Crippen molar-refractivity contribution in [1.29, 1.82) is 0 Å². The summed E-state index contributed by atoms with van der Waals surface area (Å²) in [7, 11) is -11.0. The van der Waals surface area contributed by atoms with Gasteiger partial charge >= 0.3 is 45.9 Å². The van der Waals surface area contributed by atoms with Crippen molar-refractivity contribution in [3.05, 3.63) is 0 Å². The number of aliphatic carboxylic acids is 1. The summed E-state index contributed by atoms with van der Waals surface area (Å²) in [6, 6.07) is 0. The first kappa shape index (κ1) is 20.8. The number of carboxylic acid groups (broad SMARTS) is 1. The fourth-order valence-electron chi connectivity index (χ4n) is 0.147. The maximum absolute atomic E-state index is 9.84. The van der Waals surface area contributed by atoms with Crippen LogP contribution in [0.3, 0.4) is 0 Å². The Balaban J connectivity index is -0.000000242. The van der Waals surface area contributed by atoms with Gasteiger partial charge in [0.15, 0.2) is 0 Å². The summed E-state index contributed by atoms with van der Waals surface area (Å²) in [5, 5.41) is 7.73. The number of carbonyl (C=O) groups excluding carboxylic acids is 1. The molecule has 92 valence electrons. The molecule has 0 aromatic rings. The maximum atomic E-state index is 9.84. The number of hydrogen-bond acceptors (Lipinski definition) is 4. The molecule has 0 heterocycles. The number of carboxylic acids is 1. The van der Waals surface area contributed by atoms with Crippen molar-refractivity contribution in [2.24, 2.45) is 0 Å². The molecule has 0 saturated carbocycles. The molecule has 0 amide bonds. The van der Waals surface area contributed by atoms with E-state index in [0.717, 1.165) is 0 Å². The molecule has 0 aliphatic rings. The first-order valence-corrected chi connectivity index (χ1v) is 4.25. The van der Waals surface area contributed by atoms with Crippen LogP contribution in [0.25, 0.3) is 0 Å². The molecular formula is C2H4BF4LiO7P-. The Hall–Kier alpha value is -0.528. The van der Waals surface area contributed by atoms with Gasteiger partial charge in [-0.3, -0.25) is 9.79 Å². The second-order valence-corrected chi connectivity index (χ2v) is 2.83. The Morgan fingerprint density at radius 2 is 1.38 bits per heavy atom. The predicted molar refractivity (Wildman–Crippen MR) is 43.1 cm³/mol. The molecule has 0 aromatic heterocycles. The van der Waals surface area contributed by atoms with Crippen LogP contribution in [0.4, 0.5) is 17.3 Å². The molecule has 0 fully saturated rings. The Morgan fingerprint density at radius 1 is 1.12 bits per heavy atom. The molecule has 14 heteroatoms. The molecule has 0 radical (unpaired) electrons. The molecule has 7 nitrogen and oxygen atoms in total. The summed E-state index contributed by atoms with van der Waals surface area (Å²) in [5.41, 5.74) is 0. The molecule has 0 aliphatic heterocycles. The predicted octanol–water partition coefficient (Wildman–Crippen LogP) is -0.642. The molecule has 0 aromatic carbocycles. The van der Waals surface area contributed by atoms with Gasteiger partial charge in [0.05, 0.1) is 0 Å². The first-order chi connectivity index (χ1) is 6.33. The summed E-state index contributed by atoms with van der Waals surface area (Å²) < 4.78 is 51.9. The van der Waals surface area contributed by atoms with Gasteiger partial charge < -0.3 is 26.9 Å². The summed E-state index contributed by atoms with van der Waals surface area (Å²) in [6.07, 6.45) is 0. The van der Waals surface area contributed by atoms with E-state index in [2.05, 4.69) is 4.52 Å². The van der Waals surface area contributed by atoms with Crippen molar-refractivity contribution in [3.8, 4) is 0 Å². The van der Waals surface area contributed by atoms with Gasteiger partial charge in [0.2, 0.25) is 0 Å². The van der Waals surface area contributed by atoms with Crippen LogP contribution in [-0.4, -0.2) is 52.9 Å². The Labute approximate surface area is 97.3 Å². The van der Waals surface area contributed by atoms with Crippen LogP contribution in [-0.2, 0) is 18.7 Å². The van der Waals surface area contributed by atoms with E-state index in [1.165, 1.54) is 0 Å². The Bertz CT molecular complexity index is 281. The number of carbonyl (C=O) groups is 2. The summed E-state index contributed by atoms with van der Waals surface area (Å²) in [5.74, 6) is -4.03. The molecule has 3 N–H and O–H groups in total. The topological polar surface area (TPSA) is 121 Å². The summed E-state index contributed by atoms with van der Waals surface area (Å²) in [4.78, 5) is 35.1. The van der Waals surface area contributed by atoms with Crippen molar-refractivity contribution >= 4 is 45.9 Å². The van der Waals surface area contributed by atoms with E-state index in [1.807, 2.05) is 0 Å². The van der Waals surface area contributed by atoms with Crippen molar-refractivity contribution < 1.29 is 50.8 Å². The Kier molecular flexibility index (Phi) is 10.0. The summed E-state index contributed by atoms with van der Waals surface area (Å²) >= 11 is 0. The van der Waals surface area contributed by atoms with Crippen LogP contribution < -0.4 is 0 Å². The van der Waals surface area contributed by atoms with E-state index in [4.69, 9.17) is 14.9 Å². The van der Waals surface area contributed by atoms with Gasteiger partial charge in [0, 0.05) is 0 Å². The van der Waals surface area contributed by atoms with Crippen LogP contribution in [0, 0.1) is 0 Å². The Morgan fingerprint density at radius 3 is 1.44 bits per heavy atom. The van der Waals surface area contributed by atoms with Gasteiger partial charge in [-0.25, -0.2) is 14.2 Å². The molecule has 0 rings (SSSR count). The average Bonchev–Trinajstić information content (AvgIpc) is 1.78. The molecule has 0 atom stereocenters. The fourth-order valence-corrected chi connectivity index (χ4v) is 0.441. The van der Waals surface area contributed by atoms with Gasteiger partial charge in [-0.15, -0.1) is 0 Å². The zero-order chi connectivity index (χ0) is 12.9. The van der Waals surface area contributed by atoms with Crippen LogP contribution >= 0.6 is 7.82 Å². The number of rotatable bonds is 1. The standard InChI is InChI=1S/C2H3O7P.BF4.Li.H/c3-1(4)2(5)9-10(6,7)8;2-1(3,4)5;;/h(H,3,4)(H2,6,7,8);;;/q;-1;;. The van der Waals surface area contributed by atoms with Crippen LogP contribution in [0.2, 0.25) is 0 Å². The van der Waals surface area contributed by atoms with Crippen molar-refractivity contribution in [1.82, 2.24) is 0 Å². The summed E-state index contributed by atoms with van der Waals surface area (Å²) in [6.45, 7) is 0. The van der Waals surface area contributed by atoms with E-state index in [0.29, 0.717) is 0 Å². The van der Waals surface area contributed by atoms with Crippen molar-refractivity contribution in [2.45, 2.75) is 0 Å². The average molecular weight is 265 g/mol. The van der Waals surface area contributed by atoms with E-state index in [9.17, 15) is 31.4 Å². The van der Waals surface area contributed by atoms with Gasteiger partial charge in [-0.05, 0) is 0 Å². The van der Waals surface area contributed by atoms with Gasteiger partial charge in [-0.2, -0.15) is 0 Å². The number of halogens is 4. The quantitative estimate of drug-likeness (QED) is 0.249. The molecule has 0 saturated heterocycles. The molecule has 0 bridgehead atoms. The molecule has 0 spiro atoms. The fraction of sp³-hybridized carbons (Fsp3) is 0. The third-order valence-corrected chi connectivity index (χ3v) is 0.780. The number of phosphoric acid groups is 1. The van der Waals surface area contributed by atoms with E-state index >= 15 is 0 Å². The number of phosphoric ester groups is 1. The monoisotopic (exact) mass is 265 g/mol. The third-order valence-electron chi connectivity index (χ3n) is 0.376. The second kappa shape index (κ2) is 7.70. The molecule has 0 aliphatic carbocycles. The van der Waals surface area contributed by atoms with Crippen LogP contribution in [0.1, 0.15) is 0 Å². The molecule has 0 unspecified atom stereocenters. The van der Waals surface area contributed by atoms with Gasteiger partial charge in [-0.1, -0.05) is 0 Å². The van der Waals surface area contributed by atoms with Gasteiger partial charge in [0.1, 0.15) is 0 Å². The number of hydrogen-bond donors (Lipinski definition) is 3. The van der Waals surface area contributed by atoms with Gasteiger partial charge in [0.25, 0.3) is 0 Å². The third kappa shape index (κ3) is 29.2. The van der Waals surface area contributed by atoms with Crippen molar-refractivity contribution in [2.75, 3.05) is 0 Å². The first-order valence-electron chi connectivity index (χ1n) is 2.72. The normalized spacial score (nSPS) is 10.4. The van der Waals surface area contributed by atoms with Crippen molar-refractivity contribution in [3.63, 3.8) is 0 Å². The molecular weight excluding hydrogens is 261 g/mol. The van der Waals surface area contributed by atoms with Crippen LogP contribution in [0.5, 0.6) is 0 Å². The van der Waals surface area contributed by atoms with Crippen LogP contribution in [0.15, 0.2) is 0 Å².